The van der Waals surface area contributed by atoms with E-state index in [1.165, 1.54) is 0 Å². The van der Waals surface area contributed by atoms with Crippen LogP contribution in [-0.2, 0) is 4.43 Å². The lowest BCUT2D eigenvalue weighted by atomic mass is 10.9. The molecule has 0 aliphatic carbocycles. The standard InChI is InChI=1S/C4H11OSi/c1-4-5-6(2)3/h6H,2,4H2,1,3H3/q+1. The summed E-state index contributed by atoms with van der Waals surface area (Å²) in [6.45, 7) is 8.63. The van der Waals surface area contributed by atoms with Crippen molar-refractivity contribution >= 4 is 9.04 Å². The second-order valence-corrected chi connectivity index (χ2v) is 3.22. The van der Waals surface area contributed by atoms with Crippen molar-refractivity contribution in [3.05, 3.63) is 6.55 Å². The first kappa shape index (κ1) is 6.05. The predicted octanol–water partition coefficient (Wildman–Crippen LogP) is 0.750. The fourth-order valence-electron chi connectivity index (χ4n) is 0.285. The van der Waals surface area contributed by atoms with Gasteiger partial charge in [0, 0.05) is 13.2 Å². The van der Waals surface area contributed by atoms with Gasteiger partial charge < -0.3 is 4.43 Å². The SMILES string of the molecule is [CH2+][SiH](C)OCC. The molecule has 36 valence electrons. The zero-order valence-corrected chi connectivity index (χ0v) is 5.55. The van der Waals surface area contributed by atoms with Gasteiger partial charge in [-0.1, -0.05) is 0 Å². The van der Waals surface area contributed by atoms with E-state index in [4.69, 9.17) is 4.43 Å². The summed E-state index contributed by atoms with van der Waals surface area (Å²) in [7, 11) is -0.921. The summed E-state index contributed by atoms with van der Waals surface area (Å²) in [6.07, 6.45) is 0. The van der Waals surface area contributed by atoms with Crippen LogP contribution in [0.3, 0.4) is 0 Å². The van der Waals surface area contributed by atoms with Crippen LogP contribution in [0.2, 0.25) is 6.55 Å². The van der Waals surface area contributed by atoms with Crippen molar-refractivity contribution in [1.29, 1.82) is 0 Å². The molecule has 0 heterocycles. The van der Waals surface area contributed by atoms with Crippen molar-refractivity contribution in [2.75, 3.05) is 6.61 Å². The third-order valence-electron chi connectivity index (χ3n) is 0.451. The van der Waals surface area contributed by atoms with Gasteiger partial charge in [-0.3, -0.25) is 0 Å². The van der Waals surface area contributed by atoms with Gasteiger partial charge in [0.05, 0.1) is 0 Å². The normalized spacial score (nSPS) is 14.3. The molecule has 2 heteroatoms. The zero-order valence-electron chi connectivity index (χ0n) is 4.40. The van der Waals surface area contributed by atoms with Gasteiger partial charge >= 0.3 is 9.04 Å². The maximum atomic E-state index is 5.07. The monoisotopic (exact) mass is 103 g/mol. The molecule has 0 radical (unpaired) electrons. The van der Waals surface area contributed by atoms with Crippen molar-refractivity contribution in [2.24, 2.45) is 0 Å². The molecule has 0 aliphatic rings. The molecule has 1 unspecified atom stereocenters. The molecule has 6 heavy (non-hydrogen) atoms. The predicted molar refractivity (Wildman–Crippen MR) is 30.0 cm³/mol. The van der Waals surface area contributed by atoms with Crippen LogP contribution in [0.15, 0.2) is 0 Å². The molecule has 1 atom stereocenters. The highest BCUT2D eigenvalue weighted by molar-refractivity contribution is 6.52. The highest BCUT2D eigenvalue weighted by Crippen LogP contribution is 1.77. The second-order valence-electron chi connectivity index (χ2n) is 1.27. The molecular weight excluding hydrogens is 92.1 g/mol. The quantitative estimate of drug-likeness (QED) is 0.370. The first-order valence-corrected chi connectivity index (χ1v) is 4.66. The van der Waals surface area contributed by atoms with Gasteiger partial charge in [0.1, 0.15) is 0 Å². The Hall–Kier alpha value is 0.0469. The lowest BCUT2D eigenvalue weighted by Gasteiger charge is -1.90. The average molecular weight is 103 g/mol. The summed E-state index contributed by atoms with van der Waals surface area (Å²) in [5, 5.41) is 0. The second kappa shape index (κ2) is 3.25. The molecule has 0 amide bonds. The molecule has 0 spiro atoms. The molecule has 1 nitrogen and oxygen atoms in total. The minimum Gasteiger partial charge on any atom is -0.382 e. The van der Waals surface area contributed by atoms with Gasteiger partial charge in [-0.2, -0.15) is 0 Å². The van der Waals surface area contributed by atoms with Crippen molar-refractivity contribution in [3.8, 4) is 0 Å². The van der Waals surface area contributed by atoms with Crippen LogP contribution in [0.4, 0.5) is 0 Å². The largest absolute Gasteiger partial charge is 0.391 e. The van der Waals surface area contributed by atoms with Crippen molar-refractivity contribution in [1.82, 2.24) is 0 Å². The lowest BCUT2D eigenvalue weighted by Crippen LogP contribution is -2.06. The minimum absolute atomic E-state index is 0.830. The van der Waals surface area contributed by atoms with E-state index in [9.17, 15) is 0 Å². The zero-order chi connectivity index (χ0) is 4.99. The van der Waals surface area contributed by atoms with Crippen LogP contribution in [0.1, 0.15) is 6.92 Å². The molecule has 0 aromatic rings. The molecule has 0 aromatic heterocycles. The lowest BCUT2D eigenvalue weighted by molar-refractivity contribution is 0.353. The Kier molecular flexibility index (Phi) is 3.27. The van der Waals surface area contributed by atoms with Gasteiger partial charge in [0.2, 0.25) is 0 Å². The Balaban J connectivity index is 2.63. The fourth-order valence-corrected chi connectivity index (χ4v) is 0.854. The third kappa shape index (κ3) is 4.05. The highest BCUT2D eigenvalue weighted by Gasteiger charge is 2.00. The Morgan fingerprint density at radius 3 is 2.33 bits per heavy atom. The summed E-state index contributed by atoms with van der Waals surface area (Å²) in [5.74, 6) is 0. The first-order chi connectivity index (χ1) is 2.77. The van der Waals surface area contributed by atoms with Crippen LogP contribution >= 0.6 is 0 Å². The van der Waals surface area contributed by atoms with Crippen molar-refractivity contribution < 1.29 is 4.43 Å². The molecule has 0 fully saturated rings. The summed E-state index contributed by atoms with van der Waals surface area (Å²) in [6, 6.07) is 0. The third-order valence-corrected chi connectivity index (χ3v) is 1.35. The summed E-state index contributed by atoms with van der Waals surface area (Å²) in [4.78, 5) is 0. The van der Waals surface area contributed by atoms with E-state index < -0.39 is 9.04 Å². The number of hydrogen-bond donors (Lipinski definition) is 0. The van der Waals surface area contributed by atoms with E-state index in [2.05, 4.69) is 13.1 Å². The minimum atomic E-state index is -0.921. The van der Waals surface area contributed by atoms with Crippen molar-refractivity contribution in [2.45, 2.75) is 13.5 Å². The molecule has 0 N–H and O–H groups in total. The van der Waals surface area contributed by atoms with E-state index in [0.29, 0.717) is 0 Å². The molecule has 0 saturated heterocycles. The average Bonchev–Trinajstić information content (AvgIpc) is 1.35. The first-order valence-electron chi connectivity index (χ1n) is 2.22. The van der Waals surface area contributed by atoms with E-state index in [1.54, 1.807) is 0 Å². The molecule has 0 aliphatic heterocycles. The van der Waals surface area contributed by atoms with E-state index in [-0.39, 0.29) is 0 Å². The topological polar surface area (TPSA) is 9.23 Å². The maximum absolute atomic E-state index is 5.07. The van der Waals surface area contributed by atoms with Crippen LogP contribution in [0.25, 0.3) is 0 Å². The molecule has 0 rings (SSSR count). The van der Waals surface area contributed by atoms with Gasteiger partial charge in [-0.05, 0) is 13.5 Å². The number of hydrogen-bond acceptors (Lipinski definition) is 1. The van der Waals surface area contributed by atoms with Gasteiger partial charge in [-0.25, -0.2) is 0 Å². The van der Waals surface area contributed by atoms with Gasteiger partial charge in [-0.15, -0.1) is 0 Å². The summed E-state index contributed by atoms with van der Waals surface area (Å²) in [5.41, 5.74) is 0. The van der Waals surface area contributed by atoms with Crippen molar-refractivity contribution in [3.63, 3.8) is 0 Å². The van der Waals surface area contributed by atoms with E-state index in [0.717, 1.165) is 6.61 Å². The Bertz CT molecular complexity index is 28.7. The molecule has 0 aromatic carbocycles. The number of rotatable bonds is 2. The Labute approximate surface area is 41.0 Å². The Morgan fingerprint density at radius 1 is 1.83 bits per heavy atom. The molecular formula is C4H11OSi+. The summed E-state index contributed by atoms with van der Waals surface area (Å²) < 4.78 is 5.07. The van der Waals surface area contributed by atoms with E-state index >= 15 is 0 Å². The highest BCUT2D eigenvalue weighted by atomic mass is 28.3. The van der Waals surface area contributed by atoms with Gasteiger partial charge in [0.25, 0.3) is 0 Å². The smallest absolute Gasteiger partial charge is 0.382 e. The fraction of sp³-hybridized carbons (Fsp3) is 0.750. The molecule has 0 saturated carbocycles. The van der Waals surface area contributed by atoms with E-state index in [1.807, 2.05) is 6.92 Å². The van der Waals surface area contributed by atoms with Crippen LogP contribution < -0.4 is 0 Å². The summed E-state index contributed by atoms with van der Waals surface area (Å²) >= 11 is 0. The van der Waals surface area contributed by atoms with Gasteiger partial charge in [0.15, 0.2) is 0 Å². The molecule has 0 bridgehead atoms. The Morgan fingerprint density at radius 2 is 2.33 bits per heavy atom. The van der Waals surface area contributed by atoms with Crippen LogP contribution in [0.5, 0.6) is 0 Å². The van der Waals surface area contributed by atoms with Crippen LogP contribution in [0, 0.1) is 6.55 Å². The maximum Gasteiger partial charge on any atom is 0.391 e. The van der Waals surface area contributed by atoms with Crippen LogP contribution in [-0.4, -0.2) is 15.6 Å².